The highest BCUT2D eigenvalue weighted by atomic mass is 19.4. The van der Waals surface area contributed by atoms with Crippen molar-refractivity contribution in [2.75, 3.05) is 26.8 Å². The van der Waals surface area contributed by atoms with Gasteiger partial charge in [-0.25, -0.2) is 0 Å². The summed E-state index contributed by atoms with van der Waals surface area (Å²) in [6.07, 6.45) is -4.84. The number of halogens is 3. The van der Waals surface area contributed by atoms with Crippen molar-refractivity contribution in [2.45, 2.75) is 46.0 Å². The highest BCUT2D eigenvalue weighted by molar-refractivity contribution is 6.01. The monoisotopic (exact) mass is 542 g/mol. The van der Waals surface area contributed by atoms with E-state index in [9.17, 15) is 32.3 Å². The molecule has 0 radical (unpaired) electrons. The van der Waals surface area contributed by atoms with Crippen molar-refractivity contribution in [3.8, 4) is 5.75 Å². The maximum absolute atomic E-state index is 12.4. The van der Waals surface area contributed by atoms with Crippen molar-refractivity contribution in [3.63, 3.8) is 0 Å². The first-order valence-corrected chi connectivity index (χ1v) is 12.0. The van der Waals surface area contributed by atoms with E-state index in [4.69, 9.17) is 4.74 Å². The van der Waals surface area contributed by atoms with Gasteiger partial charge >= 0.3 is 6.36 Å². The van der Waals surface area contributed by atoms with Crippen LogP contribution in [0.25, 0.3) is 10.9 Å². The molecule has 13 heteroatoms. The second-order valence-corrected chi connectivity index (χ2v) is 9.35. The van der Waals surface area contributed by atoms with Gasteiger partial charge in [0.2, 0.25) is 11.8 Å². The molecule has 1 aromatic carbocycles. The van der Waals surface area contributed by atoms with Crippen LogP contribution in [-0.4, -0.2) is 67.7 Å². The van der Waals surface area contributed by atoms with E-state index in [-0.39, 0.29) is 18.0 Å². The molecule has 2 unspecified atom stereocenters. The molecule has 0 spiro atoms. The van der Waals surface area contributed by atoms with E-state index in [0.717, 1.165) is 5.92 Å². The van der Waals surface area contributed by atoms with Crippen molar-refractivity contribution in [2.24, 2.45) is 11.8 Å². The van der Waals surface area contributed by atoms with Crippen molar-refractivity contribution in [1.29, 1.82) is 0 Å². The third kappa shape index (κ3) is 9.69. The van der Waals surface area contributed by atoms with Gasteiger partial charge < -0.3 is 25.7 Å². The van der Waals surface area contributed by atoms with E-state index in [0.29, 0.717) is 29.6 Å². The summed E-state index contributed by atoms with van der Waals surface area (Å²) in [7, 11) is 1.48. The molecule has 38 heavy (non-hydrogen) atoms. The Kier molecular flexibility index (Phi) is 11.1. The first-order chi connectivity index (χ1) is 17.8. The first kappa shape index (κ1) is 30.6. The lowest BCUT2D eigenvalue weighted by atomic mass is 9.96. The molecule has 1 fully saturated rings. The van der Waals surface area contributed by atoms with Gasteiger partial charge in [-0.1, -0.05) is 26.8 Å². The van der Waals surface area contributed by atoms with Crippen LogP contribution in [0.4, 0.5) is 13.2 Å². The summed E-state index contributed by atoms with van der Waals surface area (Å²) in [6.45, 7) is 5.00. The summed E-state index contributed by atoms with van der Waals surface area (Å²) in [6, 6.07) is 5.34. The summed E-state index contributed by atoms with van der Waals surface area (Å²) in [5.74, 6) is -2.09. The third-order valence-corrected chi connectivity index (χ3v) is 5.28. The molecule has 3 amide bonds. The zero-order valence-electron chi connectivity index (χ0n) is 21.7. The van der Waals surface area contributed by atoms with Crippen LogP contribution in [0.3, 0.4) is 0 Å². The van der Waals surface area contributed by atoms with E-state index >= 15 is 0 Å². The number of carbonyl (C=O) groups is 4. The average molecular weight is 543 g/mol. The number of nitrogens with one attached hydrogen (secondary N) is 4. The van der Waals surface area contributed by atoms with Crippen LogP contribution < -0.4 is 20.7 Å². The molecule has 0 bridgehead atoms. The Hall–Kier alpha value is -3.61. The van der Waals surface area contributed by atoms with Gasteiger partial charge in [0, 0.05) is 23.4 Å². The quantitative estimate of drug-likeness (QED) is 0.364. The van der Waals surface area contributed by atoms with Crippen LogP contribution in [0.5, 0.6) is 5.75 Å². The molecule has 2 aromatic rings. The number of alkyl halides is 3. The lowest BCUT2D eigenvalue weighted by Gasteiger charge is -2.20. The van der Waals surface area contributed by atoms with Crippen LogP contribution in [0.1, 0.15) is 44.1 Å². The topological polar surface area (TPSA) is 139 Å². The van der Waals surface area contributed by atoms with E-state index in [1.54, 1.807) is 24.3 Å². The standard InChI is InChI=1S/C21H23F3N4O6.C4H10/c1-33-17-4-2-3-13-12(17)8-15(27-13)20(32)26-9-18(30)28-14(7-11-5-6-25-19(11)31)16(29)10-34-21(22,23)24;1-4(2)3/h2-4,8,11,14,27H,5-7,9-10H2,1H3,(H,25,31)(H,26,32)(H,28,30);4H,1-3H3. The number of hydrogen-bond donors (Lipinski definition) is 4. The summed E-state index contributed by atoms with van der Waals surface area (Å²) in [5, 5.41) is 7.88. The predicted molar refractivity (Wildman–Crippen MR) is 132 cm³/mol. The Morgan fingerprint density at radius 1 is 1.18 bits per heavy atom. The van der Waals surface area contributed by atoms with Gasteiger partial charge in [-0.3, -0.25) is 23.9 Å². The fraction of sp³-hybridized carbons (Fsp3) is 0.520. The molecule has 1 saturated heterocycles. The number of H-pyrrole nitrogens is 1. The van der Waals surface area contributed by atoms with Gasteiger partial charge in [-0.05, 0) is 37.0 Å². The molecule has 4 N–H and O–H groups in total. The Morgan fingerprint density at radius 3 is 2.45 bits per heavy atom. The largest absolute Gasteiger partial charge is 0.522 e. The predicted octanol–water partition coefficient (Wildman–Crippen LogP) is 2.69. The highest BCUT2D eigenvalue weighted by Crippen LogP contribution is 2.26. The van der Waals surface area contributed by atoms with E-state index in [2.05, 4.69) is 46.4 Å². The molecule has 210 valence electrons. The van der Waals surface area contributed by atoms with Gasteiger partial charge in [0.25, 0.3) is 5.91 Å². The maximum atomic E-state index is 12.4. The van der Waals surface area contributed by atoms with Gasteiger partial charge in [0.1, 0.15) is 18.1 Å². The molecule has 0 saturated carbocycles. The number of methoxy groups -OCH3 is 1. The highest BCUT2D eigenvalue weighted by Gasteiger charge is 2.35. The van der Waals surface area contributed by atoms with E-state index in [1.165, 1.54) is 7.11 Å². The normalized spacial score (nSPS) is 15.9. The Morgan fingerprint density at radius 2 is 1.87 bits per heavy atom. The molecular formula is C25H33F3N4O6. The number of ether oxygens (including phenoxy) is 2. The Bertz CT molecular complexity index is 1130. The Labute approximate surface area is 218 Å². The van der Waals surface area contributed by atoms with Crippen LogP contribution in [0, 0.1) is 11.8 Å². The average Bonchev–Trinajstić information content (AvgIpc) is 3.45. The molecule has 2 heterocycles. The summed E-state index contributed by atoms with van der Waals surface area (Å²) in [5.41, 5.74) is 0.792. The lowest BCUT2D eigenvalue weighted by Crippen LogP contribution is -2.48. The number of ketones is 1. The minimum Gasteiger partial charge on any atom is -0.496 e. The number of aromatic nitrogens is 1. The molecule has 2 atom stereocenters. The maximum Gasteiger partial charge on any atom is 0.522 e. The molecule has 1 aliphatic heterocycles. The van der Waals surface area contributed by atoms with E-state index in [1.807, 2.05) is 0 Å². The zero-order chi connectivity index (χ0) is 28.5. The number of rotatable bonds is 10. The van der Waals surface area contributed by atoms with Gasteiger partial charge in [-0.2, -0.15) is 0 Å². The van der Waals surface area contributed by atoms with Crippen LogP contribution in [-0.2, 0) is 19.1 Å². The summed E-state index contributed by atoms with van der Waals surface area (Å²) >= 11 is 0. The number of carbonyl (C=O) groups excluding carboxylic acids is 4. The summed E-state index contributed by atoms with van der Waals surface area (Å²) in [4.78, 5) is 51.8. The number of Topliss-reactive ketones (excluding diaryl/α,β-unsaturated/α-hetero) is 1. The van der Waals surface area contributed by atoms with E-state index < -0.39 is 49.1 Å². The minimum atomic E-state index is -5.02. The third-order valence-electron chi connectivity index (χ3n) is 5.28. The van der Waals surface area contributed by atoms with Gasteiger partial charge in [-0.15, -0.1) is 13.2 Å². The minimum absolute atomic E-state index is 0.154. The number of aromatic amines is 1. The van der Waals surface area contributed by atoms with Gasteiger partial charge in [0.15, 0.2) is 5.78 Å². The molecule has 3 rings (SSSR count). The number of fused-ring (bicyclic) bond motifs is 1. The van der Waals surface area contributed by atoms with Crippen molar-refractivity contribution < 1.29 is 41.8 Å². The fourth-order valence-electron chi connectivity index (χ4n) is 3.61. The number of benzene rings is 1. The molecule has 10 nitrogen and oxygen atoms in total. The second-order valence-electron chi connectivity index (χ2n) is 9.35. The summed E-state index contributed by atoms with van der Waals surface area (Å²) < 4.78 is 45.8. The second kappa shape index (κ2) is 13.8. The van der Waals surface area contributed by atoms with Crippen LogP contribution >= 0.6 is 0 Å². The smallest absolute Gasteiger partial charge is 0.496 e. The molecule has 0 aliphatic carbocycles. The molecular weight excluding hydrogens is 509 g/mol. The lowest BCUT2D eigenvalue weighted by molar-refractivity contribution is -0.321. The number of hydrogen-bond acceptors (Lipinski definition) is 6. The zero-order valence-corrected chi connectivity index (χ0v) is 21.7. The molecule has 1 aliphatic rings. The van der Waals surface area contributed by atoms with Crippen LogP contribution in [0.2, 0.25) is 0 Å². The van der Waals surface area contributed by atoms with Crippen molar-refractivity contribution in [3.05, 3.63) is 30.0 Å². The van der Waals surface area contributed by atoms with Gasteiger partial charge in [0.05, 0.1) is 19.7 Å². The van der Waals surface area contributed by atoms with Crippen molar-refractivity contribution in [1.82, 2.24) is 20.9 Å². The SMILES string of the molecule is CC(C)C.COc1cccc2[nH]c(C(=O)NCC(=O)NC(CC3CCNC3=O)C(=O)COC(F)(F)F)cc12. The van der Waals surface area contributed by atoms with Crippen molar-refractivity contribution >= 4 is 34.4 Å². The Balaban J connectivity index is 0.00000118. The fourth-order valence-corrected chi connectivity index (χ4v) is 3.61. The first-order valence-electron chi connectivity index (χ1n) is 12.0. The number of amides is 3. The molecule has 1 aromatic heterocycles. The van der Waals surface area contributed by atoms with Crippen LogP contribution in [0.15, 0.2) is 24.3 Å².